The maximum atomic E-state index is 11.4. The normalized spacial score (nSPS) is 25.9. The van der Waals surface area contributed by atoms with Crippen LogP contribution in [0.2, 0.25) is 0 Å². The van der Waals surface area contributed by atoms with Crippen molar-refractivity contribution < 1.29 is 14.6 Å². The Bertz CT molecular complexity index is 240. The highest BCUT2D eigenvalue weighted by Crippen LogP contribution is 2.21. The van der Waals surface area contributed by atoms with E-state index in [0.29, 0.717) is 5.88 Å². The molecule has 0 radical (unpaired) electrons. The van der Waals surface area contributed by atoms with Crippen molar-refractivity contribution in [2.24, 2.45) is 0 Å². The lowest BCUT2D eigenvalue weighted by Crippen LogP contribution is -2.33. The van der Waals surface area contributed by atoms with E-state index in [1.807, 2.05) is 0 Å². The van der Waals surface area contributed by atoms with Crippen molar-refractivity contribution in [3.05, 3.63) is 12.2 Å². The number of ether oxygens (including phenoxy) is 1. The molecule has 4 heteroatoms. The highest BCUT2D eigenvalue weighted by atomic mass is 35.5. The predicted octanol–water partition coefficient (Wildman–Crippen LogP) is 2.41. The minimum absolute atomic E-state index is 0.320. The maximum Gasteiger partial charge on any atom is 0.330 e. The molecule has 0 saturated heterocycles. The van der Waals surface area contributed by atoms with E-state index in [2.05, 4.69) is 0 Å². The third kappa shape index (κ3) is 4.99. The fourth-order valence-electron chi connectivity index (χ4n) is 1.78. The summed E-state index contributed by atoms with van der Waals surface area (Å²) in [6, 6.07) is 0. The number of aliphatic hydroxyl groups is 1. The summed E-state index contributed by atoms with van der Waals surface area (Å²) in [5.41, 5.74) is 0. The van der Waals surface area contributed by atoms with Gasteiger partial charge in [-0.2, -0.15) is 0 Å². The molecule has 92 valence electrons. The molecule has 0 heterocycles. The van der Waals surface area contributed by atoms with Gasteiger partial charge in [-0.3, -0.25) is 0 Å². The van der Waals surface area contributed by atoms with Crippen molar-refractivity contribution in [3.63, 3.8) is 0 Å². The van der Waals surface area contributed by atoms with E-state index in [1.165, 1.54) is 6.08 Å². The molecular weight excluding hydrogens is 228 g/mol. The van der Waals surface area contributed by atoms with Gasteiger partial charge in [-0.15, -0.1) is 11.6 Å². The van der Waals surface area contributed by atoms with Crippen LogP contribution in [0, 0.1) is 0 Å². The van der Waals surface area contributed by atoms with Gasteiger partial charge in [0.2, 0.25) is 0 Å². The number of unbranched alkanes of at least 4 members (excludes halogenated alkanes) is 1. The van der Waals surface area contributed by atoms with E-state index in [0.717, 1.165) is 38.5 Å². The van der Waals surface area contributed by atoms with Gasteiger partial charge in [-0.1, -0.05) is 12.5 Å². The Balaban J connectivity index is 2.24. The summed E-state index contributed by atoms with van der Waals surface area (Å²) in [6.45, 7) is 0. The first-order valence-electron chi connectivity index (χ1n) is 5.85. The minimum Gasteiger partial charge on any atom is -0.456 e. The van der Waals surface area contributed by atoms with Crippen molar-refractivity contribution in [1.82, 2.24) is 0 Å². The predicted molar refractivity (Wildman–Crippen MR) is 63.4 cm³/mol. The summed E-state index contributed by atoms with van der Waals surface area (Å²) in [7, 11) is 0. The van der Waals surface area contributed by atoms with Crippen molar-refractivity contribution >= 4 is 17.6 Å². The zero-order chi connectivity index (χ0) is 11.8. The van der Waals surface area contributed by atoms with E-state index in [9.17, 15) is 9.90 Å². The Morgan fingerprint density at radius 2 is 2.19 bits per heavy atom. The van der Waals surface area contributed by atoms with Crippen LogP contribution in [0.4, 0.5) is 0 Å². The van der Waals surface area contributed by atoms with Gasteiger partial charge >= 0.3 is 5.97 Å². The first-order chi connectivity index (χ1) is 7.74. The quantitative estimate of drug-likeness (QED) is 0.351. The number of hydrogen-bond acceptors (Lipinski definition) is 3. The smallest absolute Gasteiger partial charge is 0.330 e. The van der Waals surface area contributed by atoms with Crippen molar-refractivity contribution in [2.75, 3.05) is 5.88 Å². The summed E-state index contributed by atoms with van der Waals surface area (Å²) in [5, 5.41) is 9.61. The van der Waals surface area contributed by atoms with Gasteiger partial charge in [0.25, 0.3) is 0 Å². The third-order valence-electron chi connectivity index (χ3n) is 2.69. The lowest BCUT2D eigenvalue weighted by molar-refractivity contribution is -0.151. The molecule has 1 rings (SSSR count). The van der Waals surface area contributed by atoms with Crippen LogP contribution in [0.5, 0.6) is 0 Å². The van der Waals surface area contributed by atoms with E-state index < -0.39 is 6.10 Å². The van der Waals surface area contributed by atoms with Gasteiger partial charge in [-0.25, -0.2) is 4.79 Å². The molecule has 1 saturated carbocycles. The summed E-state index contributed by atoms with van der Waals surface area (Å²) in [5.74, 6) is 0.237. The van der Waals surface area contributed by atoms with Gasteiger partial charge in [0, 0.05) is 12.0 Å². The number of aliphatic hydroxyl groups excluding tert-OH is 1. The molecule has 0 aromatic rings. The van der Waals surface area contributed by atoms with Crippen molar-refractivity contribution in [3.8, 4) is 0 Å². The summed E-state index contributed by atoms with van der Waals surface area (Å²) >= 11 is 5.51. The molecule has 0 aromatic carbocycles. The monoisotopic (exact) mass is 246 g/mol. The molecule has 0 aromatic heterocycles. The van der Waals surface area contributed by atoms with Gasteiger partial charge in [0.1, 0.15) is 6.10 Å². The first kappa shape index (κ1) is 13.5. The van der Waals surface area contributed by atoms with Crippen LogP contribution in [0.15, 0.2) is 12.2 Å². The fraction of sp³-hybridized carbons (Fsp3) is 0.750. The first-order valence-corrected chi connectivity index (χ1v) is 6.38. The lowest BCUT2D eigenvalue weighted by Gasteiger charge is -2.26. The summed E-state index contributed by atoms with van der Waals surface area (Å²) < 4.78 is 5.18. The zero-order valence-electron chi connectivity index (χ0n) is 9.40. The second-order valence-corrected chi connectivity index (χ2v) is 4.44. The second kappa shape index (κ2) is 7.69. The molecule has 3 nitrogen and oxygen atoms in total. The highest BCUT2D eigenvalue weighted by Gasteiger charge is 2.25. The van der Waals surface area contributed by atoms with Crippen LogP contribution in [-0.2, 0) is 9.53 Å². The number of carbonyl (C=O) groups excluding carboxylic acids is 1. The minimum atomic E-state index is -0.492. The van der Waals surface area contributed by atoms with E-state index in [1.54, 1.807) is 6.08 Å². The number of rotatable bonds is 5. The van der Waals surface area contributed by atoms with Crippen LogP contribution in [-0.4, -0.2) is 29.2 Å². The number of esters is 1. The van der Waals surface area contributed by atoms with Crippen molar-refractivity contribution in [1.29, 1.82) is 0 Å². The topological polar surface area (TPSA) is 46.5 Å². The summed E-state index contributed by atoms with van der Waals surface area (Å²) in [6.07, 6.45) is 7.55. The molecule has 1 aliphatic rings. The van der Waals surface area contributed by atoms with Gasteiger partial charge < -0.3 is 9.84 Å². The second-order valence-electron chi connectivity index (χ2n) is 4.06. The molecule has 0 unspecified atom stereocenters. The molecule has 2 atom stereocenters. The van der Waals surface area contributed by atoms with E-state index in [-0.39, 0.29) is 12.1 Å². The molecule has 0 spiro atoms. The zero-order valence-corrected chi connectivity index (χ0v) is 10.2. The van der Waals surface area contributed by atoms with Gasteiger partial charge in [-0.05, 0) is 32.1 Å². The number of allylic oxidation sites excluding steroid dienone is 1. The van der Waals surface area contributed by atoms with Crippen LogP contribution >= 0.6 is 11.6 Å². The van der Waals surface area contributed by atoms with Crippen LogP contribution in [0.1, 0.15) is 38.5 Å². The molecule has 0 bridgehead atoms. The Hall–Kier alpha value is -0.540. The number of alkyl halides is 1. The number of carbonyl (C=O) groups is 1. The number of halogens is 1. The highest BCUT2D eigenvalue weighted by molar-refractivity contribution is 6.17. The molecular formula is C12H19ClO3. The standard InChI is InChI=1S/C12H19ClO3/c13-9-5-1-2-8-12(15)16-11-7-4-3-6-10(11)14/h2,8,10-11,14H,1,3-7,9H2/b8-2+/t10-,11-/m1/s1. The number of hydrogen-bond donors (Lipinski definition) is 1. The van der Waals surface area contributed by atoms with E-state index in [4.69, 9.17) is 16.3 Å². The molecule has 1 aliphatic carbocycles. The molecule has 1 N–H and O–H groups in total. The maximum absolute atomic E-state index is 11.4. The Morgan fingerprint density at radius 3 is 2.88 bits per heavy atom. The van der Waals surface area contributed by atoms with E-state index >= 15 is 0 Å². The Labute approximate surface area is 101 Å². The fourth-order valence-corrected chi connectivity index (χ4v) is 1.93. The van der Waals surface area contributed by atoms with Gasteiger partial charge in [0.15, 0.2) is 0 Å². The lowest BCUT2D eigenvalue weighted by atomic mass is 9.95. The average molecular weight is 247 g/mol. The van der Waals surface area contributed by atoms with Crippen LogP contribution < -0.4 is 0 Å². The Kier molecular flexibility index (Phi) is 6.50. The van der Waals surface area contributed by atoms with Crippen LogP contribution in [0.25, 0.3) is 0 Å². The SMILES string of the molecule is O=C(/C=C/CCCCl)O[C@@H]1CCCC[C@H]1O. The molecule has 0 aliphatic heterocycles. The van der Waals surface area contributed by atoms with Crippen molar-refractivity contribution in [2.45, 2.75) is 50.7 Å². The average Bonchev–Trinajstić information content (AvgIpc) is 2.28. The van der Waals surface area contributed by atoms with Gasteiger partial charge in [0.05, 0.1) is 6.10 Å². The third-order valence-corrected chi connectivity index (χ3v) is 2.96. The molecule has 0 amide bonds. The van der Waals surface area contributed by atoms with Crippen LogP contribution in [0.3, 0.4) is 0 Å². The molecule has 16 heavy (non-hydrogen) atoms. The molecule has 1 fully saturated rings. The largest absolute Gasteiger partial charge is 0.456 e. The summed E-state index contributed by atoms with van der Waals surface area (Å²) in [4.78, 5) is 11.4. The Morgan fingerprint density at radius 1 is 1.44 bits per heavy atom.